The Morgan fingerprint density at radius 2 is 1.97 bits per heavy atom. The first kappa shape index (κ1) is 19.5. The fraction of sp³-hybridized carbons (Fsp3) is 0.381. The molecule has 2 aromatic heterocycles. The molecule has 8 nitrogen and oxygen atoms in total. The highest BCUT2D eigenvalue weighted by Gasteiger charge is 2.24. The number of benzene rings is 1. The molecule has 1 aliphatic rings. The van der Waals surface area contributed by atoms with E-state index in [9.17, 15) is 5.11 Å². The zero-order chi connectivity index (χ0) is 20.2. The minimum absolute atomic E-state index is 0.286. The fourth-order valence-corrected chi connectivity index (χ4v) is 3.90. The van der Waals surface area contributed by atoms with E-state index in [0.29, 0.717) is 23.4 Å². The van der Waals surface area contributed by atoms with Gasteiger partial charge in [0.25, 0.3) is 0 Å². The van der Waals surface area contributed by atoms with Crippen LogP contribution in [0.1, 0.15) is 37.6 Å². The number of nitrogens with zero attached hydrogens (tertiary/aromatic N) is 3. The number of fused-ring (bicyclic) bond motifs is 1. The predicted octanol–water partition coefficient (Wildman–Crippen LogP) is 2.66. The van der Waals surface area contributed by atoms with Crippen LogP contribution in [0.25, 0.3) is 10.9 Å². The molecule has 6 N–H and O–H groups in total. The summed E-state index contributed by atoms with van der Waals surface area (Å²) in [4.78, 5) is 13.4. The SMILES string of the molecule is CNC1CCCC[C@H]1Nc1cnc(C(N)O)c(Nc2ccc3cccnc3c2)n1. The van der Waals surface area contributed by atoms with Crippen molar-refractivity contribution in [2.24, 2.45) is 5.73 Å². The molecule has 0 saturated heterocycles. The van der Waals surface area contributed by atoms with Crippen molar-refractivity contribution >= 4 is 28.2 Å². The van der Waals surface area contributed by atoms with Gasteiger partial charge in [0, 0.05) is 29.4 Å². The highest BCUT2D eigenvalue weighted by Crippen LogP contribution is 2.26. The second kappa shape index (κ2) is 8.69. The molecule has 1 fully saturated rings. The Balaban J connectivity index is 1.60. The first-order valence-electron chi connectivity index (χ1n) is 10.0. The number of pyridine rings is 1. The van der Waals surface area contributed by atoms with Crippen molar-refractivity contribution in [3.05, 3.63) is 48.4 Å². The van der Waals surface area contributed by atoms with Gasteiger partial charge in [-0.3, -0.25) is 4.98 Å². The molecule has 29 heavy (non-hydrogen) atoms. The molecular formula is C21H27N7O. The highest BCUT2D eigenvalue weighted by atomic mass is 16.3. The van der Waals surface area contributed by atoms with Crippen LogP contribution >= 0.6 is 0 Å². The van der Waals surface area contributed by atoms with Gasteiger partial charge in [-0.15, -0.1) is 0 Å². The van der Waals surface area contributed by atoms with Crippen LogP contribution in [0.2, 0.25) is 0 Å². The van der Waals surface area contributed by atoms with E-state index >= 15 is 0 Å². The van der Waals surface area contributed by atoms with Crippen molar-refractivity contribution in [2.45, 2.75) is 44.0 Å². The zero-order valence-electron chi connectivity index (χ0n) is 16.5. The van der Waals surface area contributed by atoms with Gasteiger partial charge in [-0.2, -0.15) is 0 Å². The number of nitrogens with two attached hydrogens (primary N) is 1. The zero-order valence-corrected chi connectivity index (χ0v) is 16.5. The summed E-state index contributed by atoms with van der Waals surface area (Å²) < 4.78 is 0. The van der Waals surface area contributed by atoms with E-state index in [0.717, 1.165) is 29.4 Å². The van der Waals surface area contributed by atoms with Crippen molar-refractivity contribution in [1.82, 2.24) is 20.3 Å². The summed E-state index contributed by atoms with van der Waals surface area (Å²) >= 11 is 0. The smallest absolute Gasteiger partial charge is 0.158 e. The minimum atomic E-state index is -1.22. The maximum absolute atomic E-state index is 9.94. The molecule has 4 rings (SSSR count). The number of nitrogens with one attached hydrogen (secondary N) is 3. The van der Waals surface area contributed by atoms with Crippen LogP contribution in [-0.4, -0.2) is 39.2 Å². The quantitative estimate of drug-likeness (QED) is 0.405. The second-order valence-corrected chi connectivity index (χ2v) is 7.40. The van der Waals surface area contributed by atoms with Gasteiger partial charge in [0.05, 0.1) is 11.7 Å². The number of likely N-dealkylation sites (N-methyl/N-ethyl adjacent to an activating group) is 1. The van der Waals surface area contributed by atoms with Crippen LogP contribution in [-0.2, 0) is 0 Å². The Hall–Kier alpha value is -2.81. The largest absolute Gasteiger partial charge is 0.373 e. The Kier molecular flexibility index (Phi) is 5.84. The first-order valence-corrected chi connectivity index (χ1v) is 10.0. The second-order valence-electron chi connectivity index (χ2n) is 7.40. The van der Waals surface area contributed by atoms with Gasteiger partial charge in [-0.05, 0) is 38.1 Å². The van der Waals surface area contributed by atoms with E-state index in [1.165, 1.54) is 12.8 Å². The summed E-state index contributed by atoms with van der Waals surface area (Å²) in [7, 11) is 1.99. The number of rotatable bonds is 6. The molecule has 2 unspecified atom stereocenters. The highest BCUT2D eigenvalue weighted by molar-refractivity contribution is 5.83. The maximum atomic E-state index is 9.94. The van der Waals surface area contributed by atoms with Crippen molar-refractivity contribution in [2.75, 3.05) is 17.7 Å². The third-order valence-corrected chi connectivity index (χ3v) is 5.42. The minimum Gasteiger partial charge on any atom is -0.373 e. The Morgan fingerprint density at radius 3 is 2.76 bits per heavy atom. The van der Waals surface area contributed by atoms with Gasteiger partial charge < -0.3 is 26.8 Å². The topological polar surface area (TPSA) is 121 Å². The van der Waals surface area contributed by atoms with E-state index in [1.807, 2.05) is 37.4 Å². The molecular weight excluding hydrogens is 366 g/mol. The van der Waals surface area contributed by atoms with Gasteiger partial charge >= 0.3 is 0 Å². The molecule has 1 aromatic carbocycles. The summed E-state index contributed by atoms with van der Waals surface area (Å²) in [5.41, 5.74) is 7.67. The number of hydrogen-bond acceptors (Lipinski definition) is 8. The summed E-state index contributed by atoms with van der Waals surface area (Å²) in [5.74, 6) is 1.08. The molecule has 0 spiro atoms. The lowest BCUT2D eigenvalue weighted by atomic mass is 9.90. The third kappa shape index (κ3) is 4.45. The molecule has 8 heteroatoms. The van der Waals surface area contributed by atoms with Gasteiger partial charge in [-0.1, -0.05) is 25.0 Å². The van der Waals surface area contributed by atoms with Gasteiger partial charge in [0.2, 0.25) is 0 Å². The summed E-state index contributed by atoms with van der Waals surface area (Å²) in [5, 5.41) is 21.1. The van der Waals surface area contributed by atoms with E-state index < -0.39 is 6.23 Å². The summed E-state index contributed by atoms with van der Waals surface area (Å²) in [6.07, 6.45) is 6.80. The first-order chi connectivity index (χ1) is 14.1. The number of anilines is 3. The van der Waals surface area contributed by atoms with Gasteiger partial charge in [-0.25, -0.2) is 9.97 Å². The Morgan fingerprint density at radius 1 is 1.14 bits per heavy atom. The van der Waals surface area contributed by atoms with Crippen LogP contribution in [0.5, 0.6) is 0 Å². The lowest BCUT2D eigenvalue weighted by molar-refractivity contribution is 0.182. The average molecular weight is 393 g/mol. The molecule has 0 radical (unpaired) electrons. The standard InChI is InChI=1S/C21H27N7O/c1-23-15-6-2-3-7-16(15)27-18-12-25-19(20(22)29)21(28-18)26-14-9-8-13-5-4-10-24-17(13)11-14/h4-5,8-12,15-16,20,23,29H,2-3,6-7,22H2,1H3,(H2,26,27,28)/t15?,16-,20?/m1/s1. The number of hydrogen-bond donors (Lipinski definition) is 5. The van der Waals surface area contributed by atoms with Gasteiger partial charge in [0.15, 0.2) is 5.82 Å². The maximum Gasteiger partial charge on any atom is 0.158 e. The van der Waals surface area contributed by atoms with E-state index in [4.69, 9.17) is 5.73 Å². The van der Waals surface area contributed by atoms with Gasteiger partial charge in [0.1, 0.15) is 17.7 Å². The Bertz CT molecular complexity index is 978. The van der Waals surface area contributed by atoms with Crippen molar-refractivity contribution < 1.29 is 5.11 Å². The van der Waals surface area contributed by atoms with Crippen LogP contribution in [0.15, 0.2) is 42.7 Å². The van der Waals surface area contributed by atoms with Crippen LogP contribution in [0.3, 0.4) is 0 Å². The van der Waals surface area contributed by atoms with Crippen LogP contribution in [0.4, 0.5) is 17.3 Å². The number of aliphatic hydroxyl groups is 1. The normalized spacial score (nSPS) is 20.4. The molecule has 0 bridgehead atoms. The molecule has 1 saturated carbocycles. The van der Waals surface area contributed by atoms with Crippen molar-refractivity contribution in [3.63, 3.8) is 0 Å². The number of aromatic nitrogens is 3. The summed E-state index contributed by atoms with van der Waals surface area (Å²) in [6.45, 7) is 0. The molecule has 0 amide bonds. The molecule has 0 aliphatic heterocycles. The summed E-state index contributed by atoms with van der Waals surface area (Å²) in [6, 6.07) is 10.5. The van der Waals surface area contributed by atoms with E-state index in [-0.39, 0.29) is 6.04 Å². The lowest BCUT2D eigenvalue weighted by Gasteiger charge is -2.32. The monoisotopic (exact) mass is 393 g/mol. The van der Waals surface area contributed by atoms with Crippen molar-refractivity contribution in [1.29, 1.82) is 0 Å². The molecule has 2 heterocycles. The third-order valence-electron chi connectivity index (χ3n) is 5.42. The Labute approximate surface area is 170 Å². The molecule has 3 atom stereocenters. The van der Waals surface area contributed by atoms with E-state index in [2.05, 4.69) is 30.9 Å². The van der Waals surface area contributed by atoms with E-state index in [1.54, 1.807) is 12.4 Å². The van der Waals surface area contributed by atoms with Crippen molar-refractivity contribution in [3.8, 4) is 0 Å². The van der Waals surface area contributed by atoms with Crippen LogP contribution < -0.4 is 21.7 Å². The average Bonchev–Trinajstić information content (AvgIpc) is 2.74. The molecule has 3 aromatic rings. The van der Waals surface area contributed by atoms with Crippen LogP contribution in [0, 0.1) is 0 Å². The fourth-order valence-electron chi connectivity index (χ4n) is 3.90. The molecule has 152 valence electrons. The lowest BCUT2D eigenvalue weighted by Crippen LogP contribution is -2.44. The predicted molar refractivity (Wildman–Crippen MR) is 115 cm³/mol. The molecule has 1 aliphatic carbocycles. The number of aliphatic hydroxyl groups excluding tert-OH is 1.